The van der Waals surface area contributed by atoms with Crippen molar-refractivity contribution in [1.82, 2.24) is 5.32 Å². The summed E-state index contributed by atoms with van der Waals surface area (Å²) in [6.45, 7) is 3.40. The van der Waals surface area contributed by atoms with E-state index in [2.05, 4.69) is 11.9 Å². The van der Waals surface area contributed by atoms with Gasteiger partial charge in [0.1, 0.15) is 5.82 Å². The normalized spacial score (nSPS) is 12.1. The Bertz CT molecular complexity index is 147. The molecule has 4 heteroatoms. The van der Waals surface area contributed by atoms with Crippen LogP contribution in [0.15, 0.2) is 23.8 Å². The molecule has 0 spiro atoms. The van der Waals surface area contributed by atoms with Gasteiger partial charge in [0, 0.05) is 7.05 Å². The molecule has 0 saturated heterocycles. The maximum Gasteiger partial charge on any atom is 0.122 e. The summed E-state index contributed by atoms with van der Waals surface area (Å²) in [7, 11) is 1.66. The van der Waals surface area contributed by atoms with Crippen LogP contribution >= 0.6 is 0 Å². The first kappa shape index (κ1) is 7.68. The third kappa shape index (κ3) is 1.94. The first-order valence-corrected chi connectivity index (χ1v) is 2.47. The quantitative estimate of drug-likeness (QED) is 0.350. The number of rotatable bonds is 2. The van der Waals surface area contributed by atoms with Crippen molar-refractivity contribution in [3.8, 4) is 0 Å². The first-order valence-electron chi connectivity index (χ1n) is 2.47. The third-order valence-corrected chi connectivity index (χ3v) is 0.905. The van der Waals surface area contributed by atoms with Gasteiger partial charge in [0.2, 0.25) is 0 Å². The standard InChI is InChI=1S/C5H12N4/c1-3(6)4(7)5(8)9-2/h9H,1,6-8H2,2H3/b5-4+. The zero-order valence-electron chi connectivity index (χ0n) is 5.44. The molecule has 0 fully saturated rings. The molecule has 0 rings (SSSR count). The molecule has 0 saturated carbocycles. The van der Waals surface area contributed by atoms with Crippen molar-refractivity contribution in [3.63, 3.8) is 0 Å². The van der Waals surface area contributed by atoms with Crippen molar-refractivity contribution >= 4 is 0 Å². The summed E-state index contributed by atoms with van der Waals surface area (Å²) >= 11 is 0. The molecule has 0 aromatic heterocycles. The smallest absolute Gasteiger partial charge is 0.122 e. The molecule has 0 aliphatic rings. The summed E-state index contributed by atoms with van der Waals surface area (Å²) < 4.78 is 0. The van der Waals surface area contributed by atoms with Crippen molar-refractivity contribution in [3.05, 3.63) is 23.8 Å². The summed E-state index contributed by atoms with van der Waals surface area (Å²) in [5.74, 6) is 0.350. The molecule has 0 aromatic rings. The minimum atomic E-state index is 0.279. The van der Waals surface area contributed by atoms with Crippen molar-refractivity contribution in [2.45, 2.75) is 0 Å². The summed E-state index contributed by atoms with van der Waals surface area (Å²) in [5.41, 5.74) is 16.5. The summed E-state index contributed by atoms with van der Waals surface area (Å²) in [5, 5.41) is 2.64. The molecule has 9 heavy (non-hydrogen) atoms. The lowest BCUT2D eigenvalue weighted by atomic mass is 10.3. The summed E-state index contributed by atoms with van der Waals surface area (Å²) in [6.07, 6.45) is 0. The minimum absolute atomic E-state index is 0.279. The van der Waals surface area contributed by atoms with E-state index in [0.29, 0.717) is 11.5 Å². The van der Waals surface area contributed by atoms with Crippen LogP contribution in [0, 0.1) is 0 Å². The number of nitrogens with one attached hydrogen (secondary N) is 1. The number of hydrogen-bond donors (Lipinski definition) is 4. The average molecular weight is 128 g/mol. The fourth-order valence-corrected chi connectivity index (χ4v) is 0.308. The highest BCUT2D eigenvalue weighted by molar-refractivity contribution is 5.25. The highest BCUT2D eigenvalue weighted by Crippen LogP contribution is 1.91. The van der Waals surface area contributed by atoms with E-state index < -0.39 is 0 Å². The average Bonchev–Trinajstić information content (AvgIpc) is 1.84. The van der Waals surface area contributed by atoms with E-state index in [1.807, 2.05) is 0 Å². The Morgan fingerprint density at radius 1 is 1.33 bits per heavy atom. The zero-order chi connectivity index (χ0) is 7.44. The first-order chi connectivity index (χ1) is 4.09. The van der Waals surface area contributed by atoms with Crippen molar-refractivity contribution in [2.75, 3.05) is 7.05 Å². The lowest BCUT2D eigenvalue weighted by Gasteiger charge is -2.04. The van der Waals surface area contributed by atoms with Gasteiger partial charge in [0.25, 0.3) is 0 Å². The zero-order valence-corrected chi connectivity index (χ0v) is 5.44. The summed E-state index contributed by atoms with van der Waals surface area (Å²) in [4.78, 5) is 0. The molecule has 0 amide bonds. The van der Waals surface area contributed by atoms with Gasteiger partial charge in [-0.15, -0.1) is 0 Å². The van der Waals surface area contributed by atoms with Gasteiger partial charge in [-0.3, -0.25) is 0 Å². The number of nitrogens with two attached hydrogens (primary N) is 3. The maximum absolute atomic E-state index is 5.34. The third-order valence-electron chi connectivity index (χ3n) is 0.905. The fourth-order valence-electron chi connectivity index (χ4n) is 0.308. The second-order valence-electron chi connectivity index (χ2n) is 1.60. The Balaban J connectivity index is 4.28. The molecule has 0 radical (unpaired) electrons. The SMILES string of the molecule is C=C(N)/C(N)=C(/N)NC. The molecule has 0 aromatic carbocycles. The molecule has 0 atom stereocenters. The van der Waals surface area contributed by atoms with Crippen LogP contribution in [0.3, 0.4) is 0 Å². The van der Waals surface area contributed by atoms with E-state index in [1.165, 1.54) is 0 Å². The Labute approximate surface area is 54.4 Å². The van der Waals surface area contributed by atoms with Crippen LogP contribution in [0.2, 0.25) is 0 Å². The van der Waals surface area contributed by atoms with Gasteiger partial charge in [-0.1, -0.05) is 6.58 Å². The van der Waals surface area contributed by atoms with Crippen molar-refractivity contribution < 1.29 is 0 Å². The van der Waals surface area contributed by atoms with Gasteiger partial charge >= 0.3 is 0 Å². The van der Waals surface area contributed by atoms with Gasteiger partial charge in [-0.25, -0.2) is 0 Å². The van der Waals surface area contributed by atoms with E-state index in [0.717, 1.165) is 0 Å². The molecule has 0 heterocycles. The lowest BCUT2D eigenvalue weighted by molar-refractivity contribution is 0.927. The van der Waals surface area contributed by atoms with E-state index in [-0.39, 0.29) is 5.70 Å². The molecule has 0 aliphatic heterocycles. The molecule has 52 valence electrons. The van der Waals surface area contributed by atoms with Crippen LogP contribution in [-0.4, -0.2) is 7.05 Å². The number of hydrogen-bond acceptors (Lipinski definition) is 4. The van der Waals surface area contributed by atoms with Gasteiger partial charge < -0.3 is 22.5 Å². The molecule has 0 bridgehead atoms. The van der Waals surface area contributed by atoms with E-state index in [9.17, 15) is 0 Å². The van der Waals surface area contributed by atoms with Gasteiger partial charge in [0.15, 0.2) is 0 Å². The Morgan fingerprint density at radius 2 is 1.78 bits per heavy atom. The van der Waals surface area contributed by atoms with Gasteiger partial charge in [-0.05, 0) is 0 Å². The van der Waals surface area contributed by atoms with E-state index in [4.69, 9.17) is 17.2 Å². The van der Waals surface area contributed by atoms with Crippen LogP contribution in [-0.2, 0) is 0 Å². The van der Waals surface area contributed by atoms with Gasteiger partial charge in [0.05, 0.1) is 11.4 Å². The van der Waals surface area contributed by atoms with Crippen molar-refractivity contribution in [2.24, 2.45) is 17.2 Å². The van der Waals surface area contributed by atoms with Gasteiger partial charge in [-0.2, -0.15) is 0 Å². The molecule has 7 N–H and O–H groups in total. The second kappa shape index (κ2) is 2.86. The van der Waals surface area contributed by atoms with E-state index in [1.54, 1.807) is 7.05 Å². The van der Waals surface area contributed by atoms with Crippen molar-refractivity contribution in [1.29, 1.82) is 0 Å². The van der Waals surface area contributed by atoms with Crippen LogP contribution in [0.5, 0.6) is 0 Å². The maximum atomic E-state index is 5.34. The van der Waals surface area contributed by atoms with Crippen LogP contribution in [0.4, 0.5) is 0 Å². The highest BCUT2D eigenvalue weighted by atomic mass is 15.0. The topological polar surface area (TPSA) is 90.1 Å². The van der Waals surface area contributed by atoms with Crippen LogP contribution < -0.4 is 22.5 Å². The fraction of sp³-hybridized carbons (Fsp3) is 0.200. The molecular formula is C5H12N4. The predicted octanol–water partition coefficient (Wildman–Crippen LogP) is -1.24. The highest BCUT2D eigenvalue weighted by Gasteiger charge is 1.95. The monoisotopic (exact) mass is 128 g/mol. The minimum Gasteiger partial charge on any atom is -0.397 e. The Hall–Kier alpha value is -1.32. The van der Waals surface area contributed by atoms with Crippen LogP contribution in [0.1, 0.15) is 0 Å². The molecule has 0 aliphatic carbocycles. The summed E-state index contributed by atoms with van der Waals surface area (Å²) in [6, 6.07) is 0. The largest absolute Gasteiger partial charge is 0.397 e. The Morgan fingerprint density at radius 3 is 1.89 bits per heavy atom. The molecule has 0 unspecified atom stereocenters. The Kier molecular flexibility index (Phi) is 2.44. The molecule has 4 nitrogen and oxygen atoms in total. The van der Waals surface area contributed by atoms with Crippen LogP contribution in [0.25, 0.3) is 0 Å². The second-order valence-corrected chi connectivity index (χ2v) is 1.60. The lowest BCUT2D eigenvalue weighted by Crippen LogP contribution is -2.23. The molecular weight excluding hydrogens is 116 g/mol. The van der Waals surface area contributed by atoms with E-state index >= 15 is 0 Å². The predicted molar refractivity (Wildman–Crippen MR) is 37.8 cm³/mol.